The van der Waals surface area contributed by atoms with E-state index in [-0.39, 0.29) is 47.5 Å². The number of nitro benzene ring substituents is 1. The zero-order chi connectivity index (χ0) is 19.6. The van der Waals surface area contributed by atoms with Crippen LogP contribution in [0, 0.1) is 10.1 Å². The van der Waals surface area contributed by atoms with E-state index in [9.17, 15) is 24.5 Å². The van der Waals surface area contributed by atoms with Gasteiger partial charge < -0.3 is 5.32 Å². The molecule has 0 atom stereocenters. The number of nitrogens with zero attached hydrogens (tertiary/aromatic N) is 2. The summed E-state index contributed by atoms with van der Waals surface area (Å²) in [6.45, 7) is 0.195. The van der Waals surface area contributed by atoms with E-state index >= 15 is 0 Å². The van der Waals surface area contributed by atoms with Gasteiger partial charge in [-0.1, -0.05) is 23.7 Å². The summed E-state index contributed by atoms with van der Waals surface area (Å²) in [6.07, 6.45) is 0.478. The van der Waals surface area contributed by atoms with Crippen molar-refractivity contribution in [3.63, 3.8) is 0 Å². The predicted octanol–water partition coefficient (Wildman–Crippen LogP) is 3.15. The van der Waals surface area contributed by atoms with Crippen LogP contribution in [-0.4, -0.2) is 27.5 Å². The second-order valence-corrected chi connectivity index (χ2v) is 6.35. The molecule has 1 heterocycles. The van der Waals surface area contributed by atoms with E-state index in [1.54, 1.807) is 24.3 Å². The van der Waals surface area contributed by atoms with Crippen molar-refractivity contribution in [3.05, 3.63) is 68.7 Å². The van der Waals surface area contributed by atoms with Gasteiger partial charge in [0.25, 0.3) is 11.6 Å². The number of imide groups is 1. The minimum atomic E-state index is -0.595. The third-order valence-electron chi connectivity index (χ3n) is 4.12. The van der Waals surface area contributed by atoms with Gasteiger partial charge in [-0.05, 0) is 23.8 Å². The van der Waals surface area contributed by atoms with Gasteiger partial charge in [0.1, 0.15) is 0 Å². The second-order valence-electron chi connectivity index (χ2n) is 5.95. The van der Waals surface area contributed by atoms with E-state index in [4.69, 9.17) is 11.6 Å². The number of hydrogen-bond donors (Lipinski definition) is 1. The number of likely N-dealkylation sites (tertiary alicyclic amines) is 1. The Morgan fingerprint density at radius 2 is 1.74 bits per heavy atom. The Hall–Kier alpha value is -3.26. The summed E-state index contributed by atoms with van der Waals surface area (Å²) in [7, 11) is 0. The number of nitrogens with one attached hydrogen (secondary N) is 1. The van der Waals surface area contributed by atoms with Crippen LogP contribution in [0.5, 0.6) is 0 Å². The first-order valence-electron chi connectivity index (χ1n) is 8.02. The molecule has 9 heteroatoms. The fourth-order valence-electron chi connectivity index (χ4n) is 2.68. The van der Waals surface area contributed by atoms with E-state index in [0.29, 0.717) is 5.69 Å². The van der Waals surface area contributed by atoms with Crippen LogP contribution in [0.3, 0.4) is 0 Å². The number of anilines is 1. The monoisotopic (exact) mass is 387 g/mol. The largest absolute Gasteiger partial charge is 0.322 e. The zero-order valence-electron chi connectivity index (χ0n) is 14.0. The lowest BCUT2D eigenvalue weighted by Gasteiger charge is -2.14. The molecule has 1 N–H and O–H groups in total. The molecule has 0 unspecified atom stereocenters. The molecular weight excluding hydrogens is 374 g/mol. The highest BCUT2D eigenvalue weighted by atomic mass is 35.5. The number of carbonyl (C=O) groups excluding carboxylic acids is 3. The standard InChI is InChI=1S/C18H14ClN3O5/c19-15-9-13(22(26)27)5-6-14(15)18(25)20-12-3-1-11(2-4-12)10-21-16(23)7-8-17(21)24/h1-6,9H,7-8,10H2,(H,20,25). The summed E-state index contributed by atoms with van der Waals surface area (Å²) in [4.78, 5) is 46.9. The molecule has 3 rings (SSSR count). The van der Waals surface area contributed by atoms with Crippen molar-refractivity contribution in [2.75, 3.05) is 5.32 Å². The van der Waals surface area contributed by atoms with Crippen molar-refractivity contribution in [1.29, 1.82) is 0 Å². The first-order valence-corrected chi connectivity index (χ1v) is 8.40. The molecule has 0 radical (unpaired) electrons. The van der Waals surface area contributed by atoms with Crippen molar-refractivity contribution < 1.29 is 19.3 Å². The molecule has 138 valence electrons. The minimum absolute atomic E-state index is 0.0237. The van der Waals surface area contributed by atoms with Gasteiger partial charge in [-0.15, -0.1) is 0 Å². The molecule has 1 fully saturated rings. The number of non-ortho nitro benzene ring substituents is 1. The molecule has 2 aromatic carbocycles. The molecule has 1 saturated heterocycles. The first-order chi connectivity index (χ1) is 12.8. The van der Waals surface area contributed by atoms with Crippen LogP contribution in [0.4, 0.5) is 11.4 Å². The summed E-state index contributed by atoms with van der Waals surface area (Å²) >= 11 is 5.95. The highest BCUT2D eigenvalue weighted by Crippen LogP contribution is 2.24. The topological polar surface area (TPSA) is 110 Å². The Morgan fingerprint density at radius 1 is 1.11 bits per heavy atom. The third-order valence-corrected chi connectivity index (χ3v) is 4.43. The molecule has 0 aliphatic carbocycles. The van der Waals surface area contributed by atoms with Crippen molar-refractivity contribution in [2.45, 2.75) is 19.4 Å². The average molecular weight is 388 g/mol. The zero-order valence-corrected chi connectivity index (χ0v) is 14.7. The van der Waals surface area contributed by atoms with Gasteiger partial charge >= 0.3 is 0 Å². The molecule has 3 amide bonds. The van der Waals surface area contributed by atoms with E-state index in [1.165, 1.54) is 17.0 Å². The highest BCUT2D eigenvalue weighted by molar-refractivity contribution is 6.34. The summed E-state index contributed by atoms with van der Waals surface area (Å²) in [6, 6.07) is 10.3. The third kappa shape index (κ3) is 4.12. The lowest BCUT2D eigenvalue weighted by atomic mass is 10.1. The molecule has 8 nitrogen and oxygen atoms in total. The Morgan fingerprint density at radius 3 is 2.30 bits per heavy atom. The number of benzene rings is 2. The van der Waals surface area contributed by atoms with Crippen molar-refractivity contribution >= 4 is 40.7 Å². The molecule has 1 aliphatic heterocycles. The van der Waals surface area contributed by atoms with Gasteiger partial charge in [0.15, 0.2) is 0 Å². The lowest BCUT2D eigenvalue weighted by molar-refractivity contribution is -0.384. The first kappa shape index (κ1) is 18.5. The van der Waals surface area contributed by atoms with Crippen LogP contribution in [0.25, 0.3) is 0 Å². The number of nitro groups is 1. The van der Waals surface area contributed by atoms with Gasteiger partial charge in [-0.3, -0.25) is 29.4 Å². The summed E-state index contributed by atoms with van der Waals surface area (Å²) in [5.74, 6) is -0.886. The lowest BCUT2D eigenvalue weighted by Crippen LogP contribution is -2.28. The fourth-order valence-corrected chi connectivity index (χ4v) is 2.94. The maximum atomic E-state index is 12.3. The average Bonchev–Trinajstić information content (AvgIpc) is 2.95. The summed E-state index contributed by atoms with van der Waals surface area (Å²) in [5.41, 5.74) is 1.15. The van der Waals surface area contributed by atoms with Crippen molar-refractivity contribution in [1.82, 2.24) is 4.90 Å². The van der Waals surface area contributed by atoms with Crippen LogP contribution in [0.2, 0.25) is 5.02 Å². The van der Waals surface area contributed by atoms with Gasteiger partial charge in [-0.2, -0.15) is 0 Å². The number of carbonyl (C=O) groups is 3. The fraction of sp³-hybridized carbons (Fsp3) is 0.167. The Balaban J connectivity index is 1.67. The Kier molecular flexibility index (Phi) is 5.18. The van der Waals surface area contributed by atoms with Gasteiger partial charge in [0, 0.05) is 30.7 Å². The highest BCUT2D eigenvalue weighted by Gasteiger charge is 2.28. The number of rotatable bonds is 5. The van der Waals surface area contributed by atoms with Gasteiger partial charge in [0.2, 0.25) is 11.8 Å². The summed E-state index contributed by atoms with van der Waals surface area (Å²) < 4.78 is 0. The maximum absolute atomic E-state index is 12.3. The molecular formula is C18H14ClN3O5. The Labute approximate surface area is 158 Å². The van der Waals surface area contributed by atoms with Crippen molar-refractivity contribution in [2.24, 2.45) is 0 Å². The maximum Gasteiger partial charge on any atom is 0.270 e. The molecule has 0 saturated carbocycles. The van der Waals surface area contributed by atoms with Crippen LogP contribution in [-0.2, 0) is 16.1 Å². The van der Waals surface area contributed by atoms with Crippen LogP contribution in [0.15, 0.2) is 42.5 Å². The smallest absolute Gasteiger partial charge is 0.270 e. The SMILES string of the molecule is O=C(Nc1ccc(CN2C(=O)CCC2=O)cc1)c1ccc([N+](=O)[O-])cc1Cl. The van der Waals surface area contributed by atoms with Gasteiger partial charge in [0.05, 0.1) is 22.1 Å². The quantitative estimate of drug-likeness (QED) is 0.481. The van der Waals surface area contributed by atoms with E-state index < -0.39 is 10.8 Å². The molecule has 0 spiro atoms. The van der Waals surface area contributed by atoms with Crippen LogP contribution < -0.4 is 5.32 Å². The Bertz CT molecular complexity index is 927. The van der Waals surface area contributed by atoms with Gasteiger partial charge in [-0.25, -0.2) is 0 Å². The summed E-state index contributed by atoms with van der Waals surface area (Å²) in [5, 5.41) is 13.3. The van der Waals surface area contributed by atoms with E-state index in [0.717, 1.165) is 11.6 Å². The normalized spacial score (nSPS) is 13.7. The number of hydrogen-bond acceptors (Lipinski definition) is 5. The van der Waals surface area contributed by atoms with Crippen LogP contribution >= 0.6 is 11.6 Å². The molecule has 0 bridgehead atoms. The number of amides is 3. The molecule has 27 heavy (non-hydrogen) atoms. The predicted molar refractivity (Wildman–Crippen MR) is 97.3 cm³/mol. The van der Waals surface area contributed by atoms with Crippen molar-refractivity contribution in [3.8, 4) is 0 Å². The van der Waals surface area contributed by atoms with E-state index in [1.807, 2.05) is 0 Å². The molecule has 0 aromatic heterocycles. The van der Waals surface area contributed by atoms with Crippen LogP contribution in [0.1, 0.15) is 28.8 Å². The molecule has 1 aliphatic rings. The molecule has 2 aromatic rings. The number of halogens is 1. The second kappa shape index (κ2) is 7.55. The minimum Gasteiger partial charge on any atom is -0.322 e. The van der Waals surface area contributed by atoms with E-state index in [2.05, 4.69) is 5.32 Å².